The van der Waals surface area contributed by atoms with E-state index in [0.717, 1.165) is 12.1 Å². The molecule has 2 heterocycles. The van der Waals surface area contributed by atoms with Gasteiger partial charge in [-0.25, -0.2) is 0 Å². The van der Waals surface area contributed by atoms with Crippen LogP contribution in [0.4, 0.5) is 5.69 Å². The van der Waals surface area contributed by atoms with Crippen molar-refractivity contribution in [3.63, 3.8) is 0 Å². The molecule has 0 saturated carbocycles. The highest BCUT2D eigenvalue weighted by molar-refractivity contribution is 5.34. The van der Waals surface area contributed by atoms with Gasteiger partial charge in [0.2, 0.25) is 0 Å². The molecule has 1 aliphatic rings. The Balaban J connectivity index is 1.96. The van der Waals surface area contributed by atoms with Gasteiger partial charge in [0.05, 0.1) is 24.6 Å². The van der Waals surface area contributed by atoms with Gasteiger partial charge in [0, 0.05) is 12.1 Å². The van der Waals surface area contributed by atoms with Crippen molar-refractivity contribution in [1.29, 1.82) is 0 Å². The molecule has 15 heavy (non-hydrogen) atoms. The Hall–Kier alpha value is -1.13. The lowest BCUT2D eigenvalue weighted by molar-refractivity contribution is -0.138. The van der Waals surface area contributed by atoms with Crippen LogP contribution in [0.5, 0.6) is 0 Å². The van der Waals surface area contributed by atoms with Crippen molar-refractivity contribution in [3.05, 3.63) is 24.0 Å². The average molecular weight is 208 g/mol. The number of ether oxygens (including phenoxy) is 2. The number of anilines is 1. The fourth-order valence-electron chi connectivity index (χ4n) is 1.65. The lowest BCUT2D eigenvalue weighted by Gasteiger charge is -2.16. The second-order valence-corrected chi connectivity index (χ2v) is 4.24. The molecule has 1 saturated heterocycles. The third-order valence-corrected chi connectivity index (χ3v) is 2.35. The monoisotopic (exact) mass is 208 g/mol. The molecule has 1 aromatic rings. The fraction of sp³-hybridized carbons (Fsp3) is 0.545. The second kappa shape index (κ2) is 3.79. The maximum absolute atomic E-state index is 5.69. The van der Waals surface area contributed by atoms with Crippen LogP contribution in [-0.4, -0.2) is 23.5 Å². The maximum Gasteiger partial charge on any atom is 0.163 e. The molecule has 0 bridgehead atoms. The molecule has 2 rings (SSSR count). The van der Waals surface area contributed by atoms with Gasteiger partial charge in [-0.15, -0.1) is 0 Å². The molecule has 1 atom stereocenters. The molecular formula is C11H16N2O2. The van der Waals surface area contributed by atoms with Crippen molar-refractivity contribution in [2.45, 2.75) is 32.2 Å². The Kier molecular flexibility index (Phi) is 2.63. The van der Waals surface area contributed by atoms with E-state index in [9.17, 15) is 0 Å². The van der Waals surface area contributed by atoms with Crippen LogP contribution in [0.25, 0.3) is 0 Å². The second-order valence-electron chi connectivity index (χ2n) is 4.24. The molecule has 0 unspecified atom stereocenters. The Labute approximate surface area is 89.4 Å². The summed E-state index contributed by atoms with van der Waals surface area (Å²) in [7, 11) is 0. The van der Waals surface area contributed by atoms with Crippen LogP contribution >= 0.6 is 0 Å². The van der Waals surface area contributed by atoms with Crippen molar-refractivity contribution in [2.75, 3.05) is 12.3 Å². The van der Waals surface area contributed by atoms with Gasteiger partial charge in [-0.05, 0) is 26.0 Å². The van der Waals surface area contributed by atoms with E-state index in [1.54, 1.807) is 6.20 Å². The van der Waals surface area contributed by atoms with Crippen LogP contribution in [0, 0.1) is 0 Å². The summed E-state index contributed by atoms with van der Waals surface area (Å²) in [6.07, 6.45) is 2.52. The molecule has 0 amide bonds. The molecule has 4 nitrogen and oxygen atoms in total. The summed E-state index contributed by atoms with van der Waals surface area (Å²) in [6, 6.07) is 3.77. The summed E-state index contributed by atoms with van der Waals surface area (Å²) >= 11 is 0. The molecule has 1 aliphatic heterocycles. The minimum atomic E-state index is -0.460. The van der Waals surface area contributed by atoms with E-state index < -0.39 is 5.79 Å². The predicted molar refractivity (Wildman–Crippen MR) is 57.3 cm³/mol. The summed E-state index contributed by atoms with van der Waals surface area (Å²) in [6.45, 7) is 4.46. The summed E-state index contributed by atoms with van der Waals surface area (Å²) < 4.78 is 11.2. The largest absolute Gasteiger partial charge is 0.397 e. The quantitative estimate of drug-likeness (QED) is 0.797. The maximum atomic E-state index is 5.69. The van der Waals surface area contributed by atoms with E-state index in [1.165, 1.54) is 0 Å². The first-order chi connectivity index (χ1) is 7.05. The minimum Gasteiger partial charge on any atom is -0.397 e. The van der Waals surface area contributed by atoms with Gasteiger partial charge >= 0.3 is 0 Å². The Bertz CT molecular complexity index is 335. The van der Waals surface area contributed by atoms with Crippen LogP contribution in [-0.2, 0) is 15.9 Å². The van der Waals surface area contributed by atoms with Crippen LogP contribution in [0.2, 0.25) is 0 Å². The number of hydrogen-bond donors (Lipinski definition) is 1. The zero-order valence-electron chi connectivity index (χ0n) is 9.06. The SMILES string of the molecule is CC1(C)OC[C@@H](Cc2ccc(N)cn2)O1. The van der Waals surface area contributed by atoms with Gasteiger partial charge < -0.3 is 15.2 Å². The Morgan fingerprint density at radius 1 is 1.53 bits per heavy atom. The first-order valence-electron chi connectivity index (χ1n) is 5.07. The third kappa shape index (κ3) is 2.67. The number of pyridine rings is 1. The minimum absolute atomic E-state index is 0.0936. The average Bonchev–Trinajstić information content (AvgIpc) is 2.50. The zero-order valence-corrected chi connectivity index (χ0v) is 9.06. The Morgan fingerprint density at radius 2 is 2.33 bits per heavy atom. The van der Waals surface area contributed by atoms with Crippen LogP contribution in [0.1, 0.15) is 19.5 Å². The van der Waals surface area contributed by atoms with Gasteiger partial charge in [-0.1, -0.05) is 0 Å². The van der Waals surface area contributed by atoms with Crippen molar-refractivity contribution < 1.29 is 9.47 Å². The standard InChI is InChI=1S/C11H16N2O2/c1-11(2)14-7-10(15-11)5-9-4-3-8(12)6-13-9/h3-4,6,10H,5,7,12H2,1-2H3/t10-/m1/s1. The Morgan fingerprint density at radius 3 is 2.87 bits per heavy atom. The molecule has 2 N–H and O–H groups in total. The summed E-state index contributed by atoms with van der Waals surface area (Å²) in [5, 5.41) is 0. The van der Waals surface area contributed by atoms with E-state index in [2.05, 4.69) is 4.98 Å². The third-order valence-electron chi connectivity index (χ3n) is 2.35. The topological polar surface area (TPSA) is 57.4 Å². The summed E-state index contributed by atoms with van der Waals surface area (Å²) in [5.41, 5.74) is 7.22. The number of nitrogens with two attached hydrogens (primary N) is 1. The highest BCUT2D eigenvalue weighted by Crippen LogP contribution is 2.24. The van der Waals surface area contributed by atoms with Gasteiger partial charge in [0.15, 0.2) is 5.79 Å². The van der Waals surface area contributed by atoms with Crippen molar-refractivity contribution in [3.8, 4) is 0 Å². The van der Waals surface area contributed by atoms with E-state index in [1.807, 2.05) is 26.0 Å². The molecule has 0 aliphatic carbocycles. The highest BCUT2D eigenvalue weighted by atomic mass is 16.7. The molecule has 1 aromatic heterocycles. The number of rotatable bonds is 2. The van der Waals surface area contributed by atoms with Crippen LogP contribution < -0.4 is 5.73 Å². The molecule has 0 aromatic carbocycles. The molecule has 1 fully saturated rings. The first kappa shape index (κ1) is 10.4. The fourth-order valence-corrected chi connectivity index (χ4v) is 1.65. The van der Waals surface area contributed by atoms with Gasteiger partial charge in [-0.2, -0.15) is 0 Å². The normalized spacial score (nSPS) is 24.3. The summed E-state index contributed by atoms with van der Waals surface area (Å²) in [5.74, 6) is -0.460. The first-order valence-corrected chi connectivity index (χ1v) is 5.07. The smallest absolute Gasteiger partial charge is 0.163 e. The highest BCUT2D eigenvalue weighted by Gasteiger charge is 2.32. The number of nitrogens with zero attached hydrogens (tertiary/aromatic N) is 1. The molecule has 0 spiro atoms. The van der Waals surface area contributed by atoms with Crippen LogP contribution in [0.3, 0.4) is 0 Å². The van der Waals surface area contributed by atoms with Gasteiger partial charge in [0.25, 0.3) is 0 Å². The molecular weight excluding hydrogens is 192 g/mol. The number of hydrogen-bond acceptors (Lipinski definition) is 4. The summed E-state index contributed by atoms with van der Waals surface area (Å²) in [4.78, 5) is 4.23. The number of nitrogen functional groups attached to an aromatic ring is 1. The van der Waals surface area contributed by atoms with E-state index in [-0.39, 0.29) is 6.10 Å². The lowest BCUT2D eigenvalue weighted by Crippen LogP contribution is -2.22. The number of aromatic nitrogens is 1. The van der Waals surface area contributed by atoms with Crippen LogP contribution in [0.15, 0.2) is 18.3 Å². The van der Waals surface area contributed by atoms with E-state index in [0.29, 0.717) is 12.3 Å². The predicted octanol–water partition coefficient (Wildman–Crippen LogP) is 1.36. The van der Waals surface area contributed by atoms with E-state index in [4.69, 9.17) is 15.2 Å². The van der Waals surface area contributed by atoms with Crippen molar-refractivity contribution in [1.82, 2.24) is 4.98 Å². The molecule has 82 valence electrons. The van der Waals surface area contributed by atoms with Crippen molar-refractivity contribution >= 4 is 5.69 Å². The zero-order chi connectivity index (χ0) is 10.9. The molecule has 0 radical (unpaired) electrons. The molecule has 4 heteroatoms. The van der Waals surface area contributed by atoms with Gasteiger partial charge in [-0.3, -0.25) is 4.98 Å². The van der Waals surface area contributed by atoms with Crippen molar-refractivity contribution in [2.24, 2.45) is 0 Å². The van der Waals surface area contributed by atoms with Gasteiger partial charge in [0.1, 0.15) is 0 Å². The van der Waals surface area contributed by atoms with E-state index >= 15 is 0 Å². The lowest BCUT2D eigenvalue weighted by atomic mass is 10.2.